The molecule has 0 radical (unpaired) electrons. The van der Waals surface area contributed by atoms with Crippen LogP contribution in [0.3, 0.4) is 0 Å². The van der Waals surface area contributed by atoms with Crippen LogP contribution in [0.15, 0.2) is 30.6 Å². The van der Waals surface area contributed by atoms with E-state index in [-0.39, 0.29) is 18.0 Å². The fourth-order valence-corrected chi connectivity index (χ4v) is 4.66. The maximum absolute atomic E-state index is 13.3. The van der Waals surface area contributed by atoms with Crippen molar-refractivity contribution in [1.29, 1.82) is 0 Å². The average molecular weight is 433 g/mol. The molecule has 10 heteroatoms. The molecule has 7 nitrogen and oxygen atoms in total. The lowest BCUT2D eigenvalue weighted by atomic mass is 9.91. The number of carbonyl (C=O) groups is 1. The summed E-state index contributed by atoms with van der Waals surface area (Å²) in [5.41, 5.74) is 0.419. The van der Waals surface area contributed by atoms with Crippen molar-refractivity contribution < 1.29 is 9.18 Å². The lowest BCUT2D eigenvalue weighted by Gasteiger charge is -2.45. The highest BCUT2D eigenvalue weighted by Crippen LogP contribution is 2.41. The monoisotopic (exact) mass is 432 g/mol. The van der Waals surface area contributed by atoms with E-state index < -0.39 is 5.82 Å². The summed E-state index contributed by atoms with van der Waals surface area (Å²) in [7, 11) is 0. The molecule has 2 aliphatic heterocycles. The highest BCUT2D eigenvalue weighted by Gasteiger charge is 2.43. The van der Waals surface area contributed by atoms with Crippen LogP contribution in [0, 0.1) is 5.82 Å². The normalized spacial score (nSPS) is 20.4. The van der Waals surface area contributed by atoms with Gasteiger partial charge in [0.1, 0.15) is 0 Å². The van der Waals surface area contributed by atoms with Crippen LogP contribution in [0.2, 0.25) is 10.0 Å². The molecule has 3 aromatic rings. The Balaban J connectivity index is 1.54. The van der Waals surface area contributed by atoms with Gasteiger partial charge in [0.15, 0.2) is 17.5 Å². The van der Waals surface area contributed by atoms with Gasteiger partial charge in [-0.25, -0.2) is 14.4 Å². The Kier molecular flexibility index (Phi) is 4.48. The number of piperidine rings is 1. The summed E-state index contributed by atoms with van der Waals surface area (Å²) in [5.74, 6) is 0.815. The summed E-state index contributed by atoms with van der Waals surface area (Å²) in [4.78, 5) is 23.3. The van der Waals surface area contributed by atoms with E-state index in [2.05, 4.69) is 20.2 Å². The fraction of sp³-hybridized carbons (Fsp3) is 0.316. The first-order valence-corrected chi connectivity index (χ1v) is 9.97. The van der Waals surface area contributed by atoms with E-state index >= 15 is 0 Å². The van der Waals surface area contributed by atoms with Crippen molar-refractivity contribution in [3.63, 3.8) is 0 Å². The molecule has 0 saturated carbocycles. The maximum atomic E-state index is 13.3. The Morgan fingerprint density at radius 1 is 1.14 bits per heavy atom. The zero-order valence-corrected chi connectivity index (χ0v) is 16.6. The highest BCUT2D eigenvalue weighted by atomic mass is 35.5. The van der Waals surface area contributed by atoms with Crippen molar-refractivity contribution in [3.8, 4) is 11.6 Å². The minimum Gasteiger partial charge on any atom is -0.324 e. The highest BCUT2D eigenvalue weighted by molar-refractivity contribution is 6.36. The second-order valence-corrected chi connectivity index (χ2v) is 8.00. The quantitative estimate of drug-likeness (QED) is 0.612. The van der Waals surface area contributed by atoms with Gasteiger partial charge >= 0.3 is 0 Å². The van der Waals surface area contributed by atoms with E-state index in [1.54, 1.807) is 18.2 Å². The number of hydrogen-bond donors (Lipinski definition) is 0. The van der Waals surface area contributed by atoms with Crippen molar-refractivity contribution in [1.82, 2.24) is 29.6 Å². The molecule has 29 heavy (non-hydrogen) atoms. The number of amides is 1. The summed E-state index contributed by atoms with van der Waals surface area (Å²) >= 11 is 12.3. The van der Waals surface area contributed by atoms with Gasteiger partial charge in [-0.15, -0.1) is 10.2 Å². The van der Waals surface area contributed by atoms with Gasteiger partial charge in [-0.2, -0.15) is 0 Å². The van der Waals surface area contributed by atoms with Crippen LogP contribution < -0.4 is 0 Å². The number of rotatable bonds is 2. The lowest BCUT2D eigenvalue weighted by Crippen LogP contribution is -2.52. The average Bonchev–Trinajstić information content (AvgIpc) is 3.11. The molecule has 4 heterocycles. The van der Waals surface area contributed by atoms with Gasteiger partial charge < -0.3 is 9.47 Å². The molecule has 1 fully saturated rings. The van der Waals surface area contributed by atoms with Crippen LogP contribution in [-0.4, -0.2) is 41.6 Å². The summed E-state index contributed by atoms with van der Waals surface area (Å²) in [5, 5.41) is 9.38. The minimum absolute atomic E-state index is 0.0318. The van der Waals surface area contributed by atoms with Crippen LogP contribution in [0.1, 0.15) is 41.5 Å². The van der Waals surface area contributed by atoms with E-state index in [0.717, 1.165) is 31.7 Å². The topological polar surface area (TPSA) is 76.8 Å². The van der Waals surface area contributed by atoms with Crippen LogP contribution >= 0.6 is 23.2 Å². The molecule has 2 bridgehead atoms. The molecule has 1 saturated heterocycles. The third kappa shape index (κ3) is 3.07. The Bertz CT molecular complexity index is 1100. The number of benzene rings is 1. The molecule has 1 aromatic carbocycles. The van der Waals surface area contributed by atoms with E-state index in [0.29, 0.717) is 39.6 Å². The zero-order chi connectivity index (χ0) is 20.1. The first kappa shape index (κ1) is 18.4. The van der Waals surface area contributed by atoms with Crippen molar-refractivity contribution in [3.05, 3.63) is 57.8 Å². The summed E-state index contributed by atoms with van der Waals surface area (Å²) in [6.45, 7) is 0.520. The molecule has 2 atom stereocenters. The molecule has 0 spiro atoms. The Morgan fingerprint density at radius 3 is 2.69 bits per heavy atom. The fourth-order valence-electron chi connectivity index (χ4n) is 4.17. The largest absolute Gasteiger partial charge is 0.324 e. The number of aromatic nitrogens is 5. The Morgan fingerprint density at radius 2 is 1.93 bits per heavy atom. The Labute approximate surface area is 175 Å². The van der Waals surface area contributed by atoms with Crippen LogP contribution in [0.25, 0.3) is 11.6 Å². The Hall–Kier alpha value is -2.58. The number of hydrogen-bond acceptors (Lipinski definition) is 5. The molecule has 0 N–H and O–H groups in total. The smallest absolute Gasteiger partial charge is 0.256 e. The second-order valence-electron chi connectivity index (χ2n) is 7.15. The van der Waals surface area contributed by atoms with Gasteiger partial charge in [0.25, 0.3) is 5.91 Å². The van der Waals surface area contributed by atoms with Crippen LogP contribution in [-0.2, 0) is 6.54 Å². The van der Waals surface area contributed by atoms with E-state index in [4.69, 9.17) is 23.2 Å². The first-order chi connectivity index (χ1) is 14.0. The minimum atomic E-state index is -0.513. The van der Waals surface area contributed by atoms with Gasteiger partial charge in [0, 0.05) is 11.6 Å². The summed E-state index contributed by atoms with van der Waals surface area (Å²) in [6, 6.07) is 4.63. The first-order valence-electron chi connectivity index (χ1n) is 9.21. The molecule has 1 amide bonds. The van der Waals surface area contributed by atoms with Gasteiger partial charge in [-0.3, -0.25) is 4.79 Å². The van der Waals surface area contributed by atoms with Gasteiger partial charge in [0.2, 0.25) is 5.82 Å². The standard InChI is InChI=1S/C19H15Cl2FN6O/c20-10-4-5-13(14(21)6-10)19(29)28-12-2-1-3-15(28)17-25-26-18(27(17)9-12)16-23-7-11(22)8-24-16/h4-8,12,15H,1-3,9H2/t12-,15-/m0/s1. The van der Waals surface area contributed by atoms with Crippen molar-refractivity contribution in [2.45, 2.75) is 37.9 Å². The molecule has 2 aliphatic rings. The second kappa shape index (κ2) is 7.03. The lowest BCUT2D eigenvalue weighted by molar-refractivity contribution is 0.0289. The molecule has 0 unspecified atom stereocenters. The van der Waals surface area contributed by atoms with E-state index in [1.165, 1.54) is 0 Å². The predicted octanol–water partition coefficient (Wildman–Crippen LogP) is 3.93. The van der Waals surface area contributed by atoms with Gasteiger partial charge in [-0.1, -0.05) is 23.2 Å². The molecule has 2 aromatic heterocycles. The predicted molar refractivity (Wildman–Crippen MR) is 104 cm³/mol. The maximum Gasteiger partial charge on any atom is 0.256 e. The molecular weight excluding hydrogens is 418 g/mol. The summed E-state index contributed by atoms with van der Waals surface area (Å²) < 4.78 is 15.1. The van der Waals surface area contributed by atoms with E-state index in [1.807, 2.05) is 9.47 Å². The number of nitrogens with zero attached hydrogens (tertiary/aromatic N) is 6. The third-order valence-electron chi connectivity index (χ3n) is 5.43. The van der Waals surface area contributed by atoms with Crippen LogP contribution in [0.5, 0.6) is 0 Å². The van der Waals surface area contributed by atoms with Gasteiger partial charge in [0.05, 0.1) is 35.1 Å². The van der Waals surface area contributed by atoms with Crippen molar-refractivity contribution in [2.24, 2.45) is 0 Å². The molecule has 0 aliphatic carbocycles. The molecule has 5 rings (SSSR count). The molecule has 148 valence electrons. The van der Waals surface area contributed by atoms with Crippen molar-refractivity contribution >= 4 is 29.1 Å². The number of carbonyl (C=O) groups excluding carboxylic acids is 1. The van der Waals surface area contributed by atoms with Crippen LogP contribution in [0.4, 0.5) is 4.39 Å². The number of halogens is 3. The third-order valence-corrected chi connectivity index (χ3v) is 5.98. The van der Waals surface area contributed by atoms with Gasteiger partial charge in [-0.05, 0) is 37.5 Å². The molecular formula is C19H15Cl2FN6O. The SMILES string of the molecule is O=C(c1ccc(Cl)cc1Cl)N1[C@H]2CCC[C@H]1c1nnc(-c3ncc(F)cn3)n1C2. The zero-order valence-electron chi connectivity index (χ0n) is 15.1. The number of fused-ring (bicyclic) bond motifs is 4. The van der Waals surface area contributed by atoms with Crippen molar-refractivity contribution in [2.75, 3.05) is 0 Å². The summed E-state index contributed by atoms with van der Waals surface area (Å²) in [6.07, 6.45) is 4.82. The van der Waals surface area contributed by atoms with E-state index in [9.17, 15) is 9.18 Å².